The molecular formula is C27H37F3N2O2. The zero-order valence-corrected chi connectivity index (χ0v) is 20.5. The molecule has 34 heavy (non-hydrogen) atoms. The Bertz CT molecular complexity index is 959. The van der Waals surface area contributed by atoms with Crippen LogP contribution in [0.2, 0.25) is 0 Å². The molecule has 2 aromatic carbocycles. The molecule has 0 radical (unpaired) electrons. The second kappa shape index (κ2) is 11.4. The Morgan fingerprint density at radius 3 is 2.32 bits per heavy atom. The van der Waals surface area contributed by atoms with E-state index in [-0.39, 0.29) is 12.1 Å². The van der Waals surface area contributed by atoms with Gasteiger partial charge in [-0.25, -0.2) is 5.01 Å². The molecule has 1 aliphatic rings. The zero-order valence-electron chi connectivity index (χ0n) is 20.5. The van der Waals surface area contributed by atoms with Gasteiger partial charge < -0.3 is 4.74 Å². The van der Waals surface area contributed by atoms with Crippen molar-refractivity contribution < 1.29 is 22.7 Å². The van der Waals surface area contributed by atoms with Gasteiger partial charge in [0.2, 0.25) is 5.91 Å². The van der Waals surface area contributed by atoms with Gasteiger partial charge in [-0.05, 0) is 43.4 Å². The lowest BCUT2D eigenvalue weighted by Gasteiger charge is -2.30. The number of hydrazine groups is 1. The first-order chi connectivity index (χ1) is 16.1. The van der Waals surface area contributed by atoms with E-state index in [0.717, 1.165) is 23.2 Å². The van der Waals surface area contributed by atoms with E-state index >= 15 is 0 Å². The van der Waals surface area contributed by atoms with Gasteiger partial charge >= 0.3 is 6.18 Å². The Morgan fingerprint density at radius 1 is 1.03 bits per heavy atom. The van der Waals surface area contributed by atoms with E-state index < -0.39 is 23.5 Å². The van der Waals surface area contributed by atoms with Crippen LogP contribution in [0.1, 0.15) is 83.7 Å². The fraction of sp³-hybridized carbons (Fsp3) is 0.593. The van der Waals surface area contributed by atoms with E-state index in [1.54, 1.807) is 32.0 Å². The number of benzene rings is 2. The fourth-order valence-electron chi connectivity index (χ4n) is 4.50. The van der Waals surface area contributed by atoms with Crippen LogP contribution in [0, 0.1) is 5.41 Å². The number of hydrogen-bond acceptors (Lipinski definition) is 3. The molecule has 1 aliphatic heterocycles. The molecule has 1 amide bonds. The summed E-state index contributed by atoms with van der Waals surface area (Å²) >= 11 is 0. The number of nitrogens with one attached hydrogen (secondary N) is 1. The van der Waals surface area contributed by atoms with E-state index in [1.165, 1.54) is 44.6 Å². The van der Waals surface area contributed by atoms with E-state index in [4.69, 9.17) is 4.74 Å². The van der Waals surface area contributed by atoms with Crippen molar-refractivity contribution in [3.63, 3.8) is 0 Å². The number of hydrogen-bond donors (Lipinski definition) is 1. The van der Waals surface area contributed by atoms with Gasteiger partial charge in [0.15, 0.2) is 0 Å². The van der Waals surface area contributed by atoms with Gasteiger partial charge in [-0.2, -0.15) is 13.2 Å². The first-order valence-electron chi connectivity index (χ1n) is 12.4. The lowest BCUT2D eigenvalue weighted by molar-refractivity contribution is -0.191. The molecule has 0 aliphatic carbocycles. The summed E-state index contributed by atoms with van der Waals surface area (Å²) in [5.41, 5.74) is 1.62. The summed E-state index contributed by atoms with van der Waals surface area (Å²) in [6.45, 7) is 6.02. The van der Waals surface area contributed by atoms with Gasteiger partial charge in [-0.3, -0.25) is 10.2 Å². The maximum atomic E-state index is 14.1. The van der Waals surface area contributed by atoms with Gasteiger partial charge in [0.05, 0.1) is 12.0 Å². The van der Waals surface area contributed by atoms with Gasteiger partial charge in [0, 0.05) is 11.9 Å². The number of nitrogens with zero attached hydrogens (tertiary/aromatic N) is 1. The van der Waals surface area contributed by atoms with Crippen LogP contribution in [0.5, 0.6) is 5.75 Å². The smallest absolute Gasteiger partial charge is 0.409 e. The Morgan fingerprint density at radius 2 is 1.71 bits per heavy atom. The molecule has 0 unspecified atom stereocenters. The molecule has 0 spiro atoms. The van der Waals surface area contributed by atoms with Crippen LogP contribution in [-0.2, 0) is 4.79 Å². The highest BCUT2D eigenvalue weighted by Crippen LogP contribution is 2.42. The van der Waals surface area contributed by atoms with Crippen molar-refractivity contribution in [3.8, 4) is 5.75 Å². The molecule has 188 valence electrons. The van der Waals surface area contributed by atoms with Crippen molar-refractivity contribution in [3.05, 3.63) is 42.0 Å². The predicted octanol–water partition coefficient (Wildman–Crippen LogP) is 7.34. The number of halogens is 3. The number of ether oxygens (including phenoxy) is 1. The maximum absolute atomic E-state index is 14.1. The minimum atomic E-state index is -4.55. The number of fused-ring (bicyclic) bond motifs is 1. The Balaban J connectivity index is 1.70. The largest absolute Gasteiger partial charge is 0.493 e. The topological polar surface area (TPSA) is 41.6 Å². The lowest BCUT2D eigenvalue weighted by atomic mass is 9.93. The van der Waals surface area contributed by atoms with Crippen molar-refractivity contribution in [1.82, 2.24) is 10.4 Å². The molecule has 1 N–H and O–H groups in total. The summed E-state index contributed by atoms with van der Waals surface area (Å²) in [5.74, 6) is 0.186. The van der Waals surface area contributed by atoms with Crippen LogP contribution in [-0.4, -0.2) is 30.2 Å². The third-order valence-corrected chi connectivity index (χ3v) is 6.48. The van der Waals surface area contributed by atoms with Crippen LogP contribution in [0.3, 0.4) is 0 Å². The Hall–Kier alpha value is -2.28. The van der Waals surface area contributed by atoms with Gasteiger partial charge in [0.25, 0.3) is 0 Å². The van der Waals surface area contributed by atoms with Crippen molar-refractivity contribution >= 4 is 16.7 Å². The quantitative estimate of drug-likeness (QED) is 0.325. The normalized spacial score (nSPS) is 17.2. The minimum absolute atomic E-state index is 0.0232. The average molecular weight is 479 g/mol. The summed E-state index contributed by atoms with van der Waals surface area (Å²) in [7, 11) is 0. The highest BCUT2D eigenvalue weighted by Gasteiger charge is 2.51. The second-order valence-electron chi connectivity index (χ2n) is 9.96. The third kappa shape index (κ3) is 6.65. The molecule has 1 saturated heterocycles. The van der Waals surface area contributed by atoms with Crippen LogP contribution < -0.4 is 10.2 Å². The van der Waals surface area contributed by atoms with Crippen LogP contribution in [0.15, 0.2) is 36.4 Å². The Kier molecular flexibility index (Phi) is 8.85. The van der Waals surface area contributed by atoms with Crippen molar-refractivity contribution in [2.24, 2.45) is 5.41 Å². The van der Waals surface area contributed by atoms with Crippen LogP contribution >= 0.6 is 0 Å². The highest BCUT2D eigenvalue weighted by molar-refractivity contribution is 5.89. The van der Waals surface area contributed by atoms with E-state index in [1.807, 2.05) is 12.1 Å². The molecule has 1 heterocycles. The standard InChI is InChI=1S/C27H37F3N2O2/c1-4-5-6-7-8-9-10-11-17-34-23-14-12-13-20-15-16-21(18-22(20)23)24(27(28,29)30)32-19-26(2,3)25(33)31-32/h12-16,18,24H,4-11,17,19H2,1-3H3,(H,31,33)/t24-/m0/s1. The van der Waals surface area contributed by atoms with E-state index in [9.17, 15) is 18.0 Å². The molecule has 1 fully saturated rings. The van der Waals surface area contributed by atoms with Crippen molar-refractivity contribution in [1.29, 1.82) is 0 Å². The lowest BCUT2D eigenvalue weighted by Crippen LogP contribution is -2.43. The summed E-state index contributed by atoms with van der Waals surface area (Å²) in [6, 6.07) is 8.33. The minimum Gasteiger partial charge on any atom is -0.493 e. The number of unbranched alkanes of at least 4 members (excludes halogenated alkanes) is 7. The van der Waals surface area contributed by atoms with Crippen LogP contribution in [0.4, 0.5) is 13.2 Å². The highest BCUT2D eigenvalue weighted by atomic mass is 19.4. The average Bonchev–Trinajstić information content (AvgIpc) is 3.03. The Labute approximate surface area is 200 Å². The van der Waals surface area contributed by atoms with Gasteiger partial charge in [-0.1, -0.05) is 76.1 Å². The molecule has 1 atom stereocenters. The summed E-state index contributed by atoms with van der Waals surface area (Å²) in [4.78, 5) is 12.2. The number of carbonyl (C=O) groups is 1. The van der Waals surface area contributed by atoms with Crippen molar-refractivity contribution in [2.45, 2.75) is 84.4 Å². The number of carbonyl (C=O) groups excluding carboxylic acids is 1. The molecule has 4 nitrogen and oxygen atoms in total. The molecule has 0 aromatic heterocycles. The number of amides is 1. The molecule has 3 rings (SSSR count). The molecule has 0 bridgehead atoms. The third-order valence-electron chi connectivity index (χ3n) is 6.48. The number of alkyl halides is 3. The first-order valence-corrected chi connectivity index (χ1v) is 12.4. The maximum Gasteiger partial charge on any atom is 0.409 e. The fourth-order valence-corrected chi connectivity index (χ4v) is 4.50. The summed E-state index contributed by atoms with van der Waals surface area (Å²) in [5, 5.41) is 2.48. The molecule has 7 heteroatoms. The number of rotatable bonds is 12. The van der Waals surface area contributed by atoms with Gasteiger partial charge in [0.1, 0.15) is 11.8 Å². The first kappa shape index (κ1) is 26.3. The van der Waals surface area contributed by atoms with E-state index in [0.29, 0.717) is 17.7 Å². The summed E-state index contributed by atoms with van der Waals surface area (Å²) < 4.78 is 48.4. The van der Waals surface area contributed by atoms with E-state index in [2.05, 4.69) is 12.3 Å². The molecule has 0 saturated carbocycles. The van der Waals surface area contributed by atoms with Crippen molar-refractivity contribution in [2.75, 3.05) is 13.2 Å². The molecule has 2 aromatic rings. The van der Waals surface area contributed by atoms with Gasteiger partial charge in [-0.15, -0.1) is 0 Å². The monoisotopic (exact) mass is 478 g/mol. The van der Waals surface area contributed by atoms with Crippen LogP contribution in [0.25, 0.3) is 10.8 Å². The predicted molar refractivity (Wildman–Crippen MR) is 129 cm³/mol. The summed E-state index contributed by atoms with van der Waals surface area (Å²) in [6.07, 6.45) is 4.98. The SMILES string of the molecule is CCCCCCCCCCOc1cccc2ccc([C@H](N3CC(C)(C)C(=O)N3)C(F)(F)F)cc12. The zero-order chi connectivity index (χ0) is 24.8. The second-order valence-corrected chi connectivity index (χ2v) is 9.96. The molecular weight excluding hydrogens is 441 g/mol.